The van der Waals surface area contributed by atoms with E-state index in [-0.39, 0.29) is 5.91 Å². The molecule has 4 rings (SSSR count). The molecule has 130 valence electrons. The van der Waals surface area contributed by atoms with Crippen LogP contribution in [-0.2, 0) is 13.0 Å². The van der Waals surface area contributed by atoms with Gasteiger partial charge in [0.2, 0.25) is 0 Å². The highest BCUT2D eigenvalue weighted by Gasteiger charge is 2.28. The average Bonchev–Trinajstić information content (AvgIpc) is 3.21. The van der Waals surface area contributed by atoms with E-state index in [0.29, 0.717) is 6.54 Å². The first-order valence-corrected chi connectivity index (χ1v) is 10.4. The summed E-state index contributed by atoms with van der Waals surface area (Å²) in [5.74, 6) is 0.0270. The molecule has 1 N–H and O–H groups in total. The lowest BCUT2D eigenvalue weighted by Crippen LogP contribution is -2.29. The molecule has 0 aliphatic carbocycles. The number of amides is 1. The lowest BCUT2D eigenvalue weighted by molar-refractivity contribution is 0.0960. The van der Waals surface area contributed by atoms with Crippen molar-refractivity contribution in [2.45, 2.75) is 26.8 Å². The Kier molecular flexibility index (Phi) is 4.58. The van der Waals surface area contributed by atoms with Gasteiger partial charge >= 0.3 is 0 Å². The highest BCUT2D eigenvalue weighted by molar-refractivity contribution is 7.22. The van der Waals surface area contributed by atoms with Gasteiger partial charge in [0.1, 0.15) is 9.88 Å². The van der Waals surface area contributed by atoms with Crippen LogP contribution in [0.1, 0.15) is 34.0 Å². The van der Waals surface area contributed by atoms with Gasteiger partial charge in [-0.3, -0.25) is 9.69 Å². The van der Waals surface area contributed by atoms with E-state index < -0.39 is 0 Å². The molecule has 0 spiro atoms. The summed E-state index contributed by atoms with van der Waals surface area (Å²) in [4.78, 5) is 22.1. The van der Waals surface area contributed by atoms with Crippen molar-refractivity contribution < 1.29 is 4.79 Å². The number of fused-ring (bicyclic) bond motifs is 2. The van der Waals surface area contributed by atoms with Crippen molar-refractivity contribution >= 4 is 38.8 Å². The number of aromatic nitrogens is 1. The number of rotatable bonds is 4. The van der Waals surface area contributed by atoms with Crippen molar-refractivity contribution in [3.8, 4) is 10.6 Å². The molecule has 0 saturated heterocycles. The first kappa shape index (κ1) is 16.7. The zero-order valence-electron chi connectivity index (χ0n) is 14.5. The van der Waals surface area contributed by atoms with E-state index in [0.717, 1.165) is 47.0 Å². The first-order chi connectivity index (χ1) is 12.2. The third kappa shape index (κ3) is 2.99. The maximum atomic E-state index is 12.7. The van der Waals surface area contributed by atoms with Gasteiger partial charge in [0.15, 0.2) is 0 Å². The predicted octanol–water partition coefficient (Wildman–Crippen LogP) is 4.15. The van der Waals surface area contributed by atoms with Gasteiger partial charge in [-0.25, -0.2) is 4.98 Å². The fourth-order valence-electron chi connectivity index (χ4n) is 3.33. The van der Waals surface area contributed by atoms with Gasteiger partial charge in [-0.05, 0) is 37.6 Å². The van der Waals surface area contributed by atoms with Crippen LogP contribution in [0.4, 0.5) is 0 Å². The van der Waals surface area contributed by atoms with Crippen LogP contribution in [0.25, 0.3) is 20.8 Å². The Morgan fingerprint density at radius 3 is 2.88 bits per heavy atom. The summed E-state index contributed by atoms with van der Waals surface area (Å²) in [6, 6.07) is 8.19. The van der Waals surface area contributed by atoms with Gasteiger partial charge < -0.3 is 5.32 Å². The summed E-state index contributed by atoms with van der Waals surface area (Å²) >= 11 is 3.33. The minimum atomic E-state index is 0.0270. The van der Waals surface area contributed by atoms with Gasteiger partial charge in [0.05, 0.1) is 10.2 Å². The quantitative estimate of drug-likeness (QED) is 0.749. The molecular weight excluding hydrogens is 350 g/mol. The molecule has 0 radical (unpaired) electrons. The minimum Gasteiger partial charge on any atom is -0.352 e. The summed E-state index contributed by atoms with van der Waals surface area (Å²) in [6.07, 6.45) is 0.990. The molecule has 1 aliphatic rings. The van der Waals surface area contributed by atoms with Crippen molar-refractivity contribution in [2.24, 2.45) is 0 Å². The lowest BCUT2D eigenvalue weighted by atomic mass is 10.0. The second kappa shape index (κ2) is 6.86. The van der Waals surface area contributed by atoms with Crippen molar-refractivity contribution in [1.29, 1.82) is 0 Å². The molecule has 3 heterocycles. The van der Waals surface area contributed by atoms with Crippen LogP contribution in [-0.4, -0.2) is 35.4 Å². The summed E-state index contributed by atoms with van der Waals surface area (Å²) in [7, 11) is 0. The number of carbonyl (C=O) groups excluding carboxylic acids is 1. The van der Waals surface area contributed by atoms with E-state index >= 15 is 0 Å². The minimum absolute atomic E-state index is 0.0270. The van der Waals surface area contributed by atoms with Crippen molar-refractivity contribution in [3.63, 3.8) is 0 Å². The zero-order chi connectivity index (χ0) is 17.4. The van der Waals surface area contributed by atoms with Gasteiger partial charge in [-0.15, -0.1) is 22.7 Å². The molecule has 25 heavy (non-hydrogen) atoms. The Bertz CT molecular complexity index is 895. The van der Waals surface area contributed by atoms with Crippen LogP contribution in [0.5, 0.6) is 0 Å². The molecule has 1 aromatic carbocycles. The standard InChI is InChI=1S/C19H21N3OS2/c1-3-20-18(23)17-16(12-9-10-22(4-2)11-15(12)24-17)19-21-13-7-5-6-8-14(13)25-19/h5-8H,3-4,9-11H2,1-2H3,(H,20,23). The van der Waals surface area contributed by atoms with Crippen LogP contribution < -0.4 is 5.32 Å². The monoisotopic (exact) mass is 371 g/mol. The number of thiazole rings is 1. The van der Waals surface area contributed by atoms with Gasteiger partial charge in [-0.2, -0.15) is 0 Å². The molecule has 0 saturated carbocycles. The summed E-state index contributed by atoms with van der Waals surface area (Å²) in [5.41, 5.74) is 3.41. The van der Waals surface area contributed by atoms with Crippen LogP contribution in [0.15, 0.2) is 24.3 Å². The van der Waals surface area contributed by atoms with Crippen molar-refractivity contribution in [3.05, 3.63) is 39.6 Å². The zero-order valence-corrected chi connectivity index (χ0v) is 16.1. The highest BCUT2D eigenvalue weighted by Crippen LogP contribution is 2.42. The van der Waals surface area contributed by atoms with Crippen molar-refractivity contribution in [2.75, 3.05) is 19.6 Å². The Morgan fingerprint density at radius 1 is 1.28 bits per heavy atom. The van der Waals surface area contributed by atoms with Crippen LogP contribution in [0.3, 0.4) is 0 Å². The normalized spacial score (nSPS) is 14.6. The maximum Gasteiger partial charge on any atom is 0.262 e. The number of para-hydroxylation sites is 1. The van der Waals surface area contributed by atoms with E-state index in [1.54, 1.807) is 22.7 Å². The number of nitrogens with one attached hydrogen (secondary N) is 1. The fraction of sp³-hybridized carbons (Fsp3) is 0.368. The fourth-order valence-corrected chi connectivity index (χ4v) is 5.75. The van der Waals surface area contributed by atoms with E-state index in [9.17, 15) is 4.79 Å². The second-order valence-electron chi connectivity index (χ2n) is 6.17. The molecular formula is C19H21N3OS2. The van der Waals surface area contributed by atoms with E-state index in [1.165, 1.54) is 15.1 Å². The first-order valence-electron chi connectivity index (χ1n) is 8.72. The number of hydrogen-bond donors (Lipinski definition) is 1. The molecule has 0 unspecified atom stereocenters. The molecule has 1 amide bonds. The van der Waals surface area contributed by atoms with Gasteiger partial charge in [0, 0.05) is 30.1 Å². The van der Waals surface area contributed by atoms with E-state index in [4.69, 9.17) is 4.98 Å². The molecule has 1 aliphatic heterocycles. The largest absolute Gasteiger partial charge is 0.352 e. The number of likely N-dealkylation sites (N-methyl/N-ethyl adjacent to an activating group) is 1. The Hall–Kier alpha value is -1.76. The topological polar surface area (TPSA) is 45.2 Å². The number of benzene rings is 1. The molecule has 3 aromatic rings. The molecule has 0 fully saturated rings. The van der Waals surface area contributed by atoms with Gasteiger partial charge in [-0.1, -0.05) is 19.1 Å². The number of hydrogen-bond acceptors (Lipinski definition) is 5. The molecule has 6 heteroatoms. The summed E-state index contributed by atoms with van der Waals surface area (Å²) in [5, 5.41) is 3.95. The molecule has 2 aromatic heterocycles. The third-order valence-corrected chi connectivity index (χ3v) is 6.90. The molecule has 4 nitrogen and oxygen atoms in total. The SMILES string of the molecule is CCNC(=O)c1sc2c(c1-c1nc3ccccc3s1)CCN(CC)C2. The second-order valence-corrected chi connectivity index (χ2v) is 8.31. The van der Waals surface area contributed by atoms with E-state index in [2.05, 4.69) is 23.2 Å². The van der Waals surface area contributed by atoms with E-state index in [1.807, 2.05) is 25.1 Å². The Balaban J connectivity index is 1.87. The summed E-state index contributed by atoms with van der Waals surface area (Å²) in [6.45, 7) is 7.83. The Morgan fingerprint density at radius 2 is 2.12 bits per heavy atom. The molecule has 0 atom stereocenters. The maximum absolute atomic E-state index is 12.7. The third-order valence-electron chi connectivity index (χ3n) is 4.63. The number of nitrogens with zero attached hydrogens (tertiary/aromatic N) is 2. The van der Waals surface area contributed by atoms with Crippen LogP contribution >= 0.6 is 22.7 Å². The Labute approximate surface area is 155 Å². The van der Waals surface area contributed by atoms with Crippen LogP contribution in [0, 0.1) is 0 Å². The smallest absolute Gasteiger partial charge is 0.262 e. The average molecular weight is 372 g/mol. The number of thiophene rings is 1. The molecule has 0 bridgehead atoms. The number of carbonyl (C=O) groups is 1. The van der Waals surface area contributed by atoms with Crippen molar-refractivity contribution in [1.82, 2.24) is 15.2 Å². The highest BCUT2D eigenvalue weighted by atomic mass is 32.1. The predicted molar refractivity (Wildman–Crippen MR) is 106 cm³/mol. The van der Waals surface area contributed by atoms with Crippen LogP contribution in [0.2, 0.25) is 0 Å². The van der Waals surface area contributed by atoms with Gasteiger partial charge in [0.25, 0.3) is 5.91 Å². The summed E-state index contributed by atoms with van der Waals surface area (Å²) < 4.78 is 1.17. The lowest BCUT2D eigenvalue weighted by Gasteiger charge is -2.25.